The van der Waals surface area contributed by atoms with Crippen LogP contribution >= 0.6 is 12.2 Å². The summed E-state index contributed by atoms with van der Waals surface area (Å²) in [5, 5.41) is 4.08. The Hall–Kier alpha value is -2.34. The van der Waals surface area contributed by atoms with E-state index in [0.29, 0.717) is 6.61 Å². The fourth-order valence-corrected chi connectivity index (χ4v) is 3.03. The molecule has 1 fully saturated rings. The molecule has 126 valence electrons. The molecule has 1 saturated heterocycles. The first kappa shape index (κ1) is 16.5. The summed E-state index contributed by atoms with van der Waals surface area (Å²) in [6, 6.07) is 12.0. The Bertz CT molecular complexity index is 654. The van der Waals surface area contributed by atoms with Crippen LogP contribution in [0.5, 0.6) is 5.75 Å². The van der Waals surface area contributed by atoms with Crippen LogP contribution in [0.25, 0.3) is 0 Å². The number of thiocarbonyl (C=S) groups is 1. The highest BCUT2D eigenvalue weighted by Crippen LogP contribution is 2.18. The zero-order chi connectivity index (χ0) is 16.8. The Kier molecular flexibility index (Phi) is 5.48. The van der Waals surface area contributed by atoms with Gasteiger partial charge in [0.2, 0.25) is 0 Å². The molecule has 1 aliphatic rings. The summed E-state index contributed by atoms with van der Waals surface area (Å²) in [6.45, 7) is 6.38. The number of pyridine rings is 1. The standard InChI is InChI=1S/C18H22N4OS/c1-2-23-17-5-3-15(4-6-17)20-18(24)22-13-11-21(12-14-22)16-7-9-19-10-8-16/h3-10H,2,11-14H2,1H3,(H,20,24). The van der Waals surface area contributed by atoms with Crippen LogP contribution in [0.15, 0.2) is 48.8 Å². The number of anilines is 2. The third-order valence-electron chi connectivity index (χ3n) is 4.01. The number of piperazine rings is 1. The van der Waals surface area contributed by atoms with Crippen molar-refractivity contribution < 1.29 is 4.74 Å². The number of rotatable bonds is 4. The quantitative estimate of drug-likeness (QED) is 0.862. The topological polar surface area (TPSA) is 40.6 Å². The van der Waals surface area contributed by atoms with E-state index in [2.05, 4.69) is 20.1 Å². The normalized spacial score (nSPS) is 14.4. The summed E-state index contributed by atoms with van der Waals surface area (Å²) in [4.78, 5) is 8.64. The third kappa shape index (κ3) is 4.14. The predicted octanol–water partition coefficient (Wildman–Crippen LogP) is 3.00. The summed E-state index contributed by atoms with van der Waals surface area (Å²) < 4.78 is 5.45. The lowest BCUT2D eigenvalue weighted by Gasteiger charge is -2.37. The van der Waals surface area contributed by atoms with E-state index in [9.17, 15) is 0 Å². The van der Waals surface area contributed by atoms with Crippen molar-refractivity contribution in [1.29, 1.82) is 0 Å². The van der Waals surface area contributed by atoms with Gasteiger partial charge in [-0.1, -0.05) is 0 Å². The summed E-state index contributed by atoms with van der Waals surface area (Å²) in [6.07, 6.45) is 3.67. The van der Waals surface area contributed by atoms with Gasteiger partial charge in [0.15, 0.2) is 5.11 Å². The first-order valence-electron chi connectivity index (χ1n) is 8.20. The van der Waals surface area contributed by atoms with Gasteiger partial charge in [0.25, 0.3) is 0 Å². The van der Waals surface area contributed by atoms with Gasteiger partial charge in [0, 0.05) is 49.9 Å². The minimum absolute atomic E-state index is 0.674. The molecule has 5 nitrogen and oxygen atoms in total. The van der Waals surface area contributed by atoms with E-state index in [1.54, 1.807) is 0 Å². The van der Waals surface area contributed by atoms with Crippen molar-refractivity contribution in [3.63, 3.8) is 0 Å². The highest BCUT2D eigenvalue weighted by atomic mass is 32.1. The second-order valence-corrected chi connectivity index (χ2v) is 5.95. The Morgan fingerprint density at radius 3 is 2.38 bits per heavy atom. The lowest BCUT2D eigenvalue weighted by Crippen LogP contribution is -2.50. The van der Waals surface area contributed by atoms with Crippen LogP contribution in [-0.4, -0.2) is 47.8 Å². The smallest absolute Gasteiger partial charge is 0.173 e. The Balaban J connectivity index is 1.51. The second-order valence-electron chi connectivity index (χ2n) is 5.57. The number of hydrogen-bond acceptors (Lipinski definition) is 4. The van der Waals surface area contributed by atoms with E-state index in [4.69, 9.17) is 17.0 Å². The maximum Gasteiger partial charge on any atom is 0.173 e. The SMILES string of the molecule is CCOc1ccc(NC(=S)N2CCN(c3ccncc3)CC2)cc1. The molecule has 1 aromatic carbocycles. The Labute approximate surface area is 148 Å². The van der Waals surface area contributed by atoms with Gasteiger partial charge >= 0.3 is 0 Å². The number of hydrogen-bond donors (Lipinski definition) is 1. The summed E-state index contributed by atoms with van der Waals surface area (Å²) >= 11 is 5.55. The van der Waals surface area contributed by atoms with Crippen molar-refractivity contribution in [3.8, 4) is 5.75 Å². The molecule has 0 radical (unpaired) electrons. The molecule has 2 aromatic rings. The van der Waals surface area contributed by atoms with Crippen molar-refractivity contribution in [2.75, 3.05) is 43.0 Å². The van der Waals surface area contributed by atoms with Gasteiger partial charge in [-0.25, -0.2) is 0 Å². The second kappa shape index (κ2) is 7.97. The molecule has 3 rings (SSSR count). The van der Waals surface area contributed by atoms with Gasteiger partial charge in [-0.05, 0) is 55.5 Å². The van der Waals surface area contributed by atoms with E-state index < -0.39 is 0 Å². The molecule has 1 N–H and O–H groups in total. The minimum Gasteiger partial charge on any atom is -0.494 e. The summed E-state index contributed by atoms with van der Waals surface area (Å²) in [5.41, 5.74) is 2.20. The Morgan fingerprint density at radius 2 is 1.75 bits per heavy atom. The summed E-state index contributed by atoms with van der Waals surface area (Å²) in [7, 11) is 0. The molecule has 1 aliphatic heterocycles. The maximum atomic E-state index is 5.55. The highest BCUT2D eigenvalue weighted by molar-refractivity contribution is 7.80. The zero-order valence-corrected chi connectivity index (χ0v) is 14.6. The van der Waals surface area contributed by atoms with E-state index in [1.165, 1.54) is 5.69 Å². The molecule has 6 heteroatoms. The van der Waals surface area contributed by atoms with Crippen molar-refractivity contribution in [3.05, 3.63) is 48.8 Å². The number of aromatic nitrogens is 1. The van der Waals surface area contributed by atoms with Gasteiger partial charge in [0.05, 0.1) is 6.61 Å². The lowest BCUT2D eigenvalue weighted by atomic mass is 10.2. The van der Waals surface area contributed by atoms with E-state index >= 15 is 0 Å². The van der Waals surface area contributed by atoms with Crippen molar-refractivity contribution >= 4 is 28.7 Å². The fourth-order valence-electron chi connectivity index (χ4n) is 2.73. The molecule has 1 aromatic heterocycles. The van der Waals surface area contributed by atoms with Crippen LogP contribution < -0.4 is 15.0 Å². The first-order valence-corrected chi connectivity index (χ1v) is 8.61. The number of ether oxygens (including phenoxy) is 1. The first-order chi connectivity index (χ1) is 11.8. The Morgan fingerprint density at radius 1 is 1.08 bits per heavy atom. The monoisotopic (exact) mass is 342 g/mol. The molecular formula is C18H22N4OS. The van der Waals surface area contributed by atoms with Crippen molar-refractivity contribution in [2.24, 2.45) is 0 Å². The van der Waals surface area contributed by atoms with Crippen molar-refractivity contribution in [2.45, 2.75) is 6.92 Å². The van der Waals surface area contributed by atoms with Gasteiger partial charge in [-0.3, -0.25) is 4.98 Å². The molecule has 0 unspecified atom stereocenters. The minimum atomic E-state index is 0.674. The van der Waals surface area contributed by atoms with E-state index in [-0.39, 0.29) is 0 Å². The molecule has 0 spiro atoms. The molecule has 0 atom stereocenters. The van der Waals surface area contributed by atoms with Gasteiger partial charge < -0.3 is 19.9 Å². The average Bonchev–Trinajstić information content (AvgIpc) is 2.64. The van der Waals surface area contributed by atoms with E-state index in [0.717, 1.165) is 42.7 Å². The van der Waals surface area contributed by atoms with Crippen LogP contribution in [0.3, 0.4) is 0 Å². The predicted molar refractivity (Wildman–Crippen MR) is 102 cm³/mol. The van der Waals surface area contributed by atoms with Crippen LogP contribution in [0.1, 0.15) is 6.92 Å². The molecule has 0 bridgehead atoms. The number of benzene rings is 1. The van der Waals surface area contributed by atoms with Crippen LogP contribution in [0.4, 0.5) is 11.4 Å². The number of nitrogens with zero attached hydrogens (tertiary/aromatic N) is 3. The molecular weight excluding hydrogens is 320 g/mol. The fraction of sp³-hybridized carbons (Fsp3) is 0.333. The van der Waals surface area contributed by atoms with Crippen LogP contribution in [0.2, 0.25) is 0 Å². The maximum absolute atomic E-state index is 5.55. The third-order valence-corrected chi connectivity index (χ3v) is 4.37. The largest absolute Gasteiger partial charge is 0.494 e. The highest BCUT2D eigenvalue weighted by Gasteiger charge is 2.19. The lowest BCUT2D eigenvalue weighted by molar-refractivity contribution is 0.340. The van der Waals surface area contributed by atoms with E-state index in [1.807, 2.05) is 55.7 Å². The molecule has 0 amide bonds. The van der Waals surface area contributed by atoms with Gasteiger partial charge in [-0.2, -0.15) is 0 Å². The summed E-state index contributed by atoms with van der Waals surface area (Å²) in [5.74, 6) is 0.875. The number of nitrogens with one attached hydrogen (secondary N) is 1. The average molecular weight is 342 g/mol. The molecule has 0 aliphatic carbocycles. The molecule has 2 heterocycles. The molecule has 0 saturated carbocycles. The van der Waals surface area contributed by atoms with Gasteiger partial charge in [-0.15, -0.1) is 0 Å². The van der Waals surface area contributed by atoms with Gasteiger partial charge in [0.1, 0.15) is 5.75 Å². The zero-order valence-electron chi connectivity index (χ0n) is 13.8. The van der Waals surface area contributed by atoms with Crippen molar-refractivity contribution in [1.82, 2.24) is 9.88 Å². The van der Waals surface area contributed by atoms with Crippen LogP contribution in [0, 0.1) is 0 Å². The van der Waals surface area contributed by atoms with Crippen LogP contribution in [-0.2, 0) is 0 Å². The molecule has 24 heavy (non-hydrogen) atoms.